The van der Waals surface area contributed by atoms with Gasteiger partial charge in [0.2, 0.25) is 0 Å². The third-order valence-corrected chi connectivity index (χ3v) is 5.19. The second-order valence-corrected chi connectivity index (χ2v) is 8.28. The highest BCUT2D eigenvalue weighted by Crippen LogP contribution is 2.30. The van der Waals surface area contributed by atoms with E-state index in [-0.39, 0.29) is 12.6 Å². The summed E-state index contributed by atoms with van der Waals surface area (Å²) in [6.07, 6.45) is 3.36. The number of amides is 1. The van der Waals surface area contributed by atoms with Gasteiger partial charge >= 0.3 is 0 Å². The fourth-order valence-corrected chi connectivity index (χ4v) is 3.12. The number of halogens is 1. The number of carbonyl (C=O) groups excluding carboxylic acids is 1. The van der Waals surface area contributed by atoms with Gasteiger partial charge in [-0.25, -0.2) is 8.91 Å². The summed E-state index contributed by atoms with van der Waals surface area (Å²) in [5, 5.41) is 29.0. The average Bonchev–Trinajstić information content (AvgIpc) is 3.46. The molecule has 1 amide bonds. The zero-order valence-electron chi connectivity index (χ0n) is 17.3. The molecule has 3 heterocycles. The number of anilines is 1. The Morgan fingerprint density at radius 1 is 1.39 bits per heavy atom. The second-order valence-electron chi connectivity index (χ2n) is 8.28. The summed E-state index contributed by atoms with van der Waals surface area (Å²) in [5.74, 6) is -0.467. The van der Waals surface area contributed by atoms with Crippen molar-refractivity contribution >= 4 is 17.1 Å². The van der Waals surface area contributed by atoms with E-state index in [1.165, 1.54) is 26.2 Å². The van der Waals surface area contributed by atoms with E-state index < -0.39 is 17.7 Å². The first-order chi connectivity index (χ1) is 14.8. The van der Waals surface area contributed by atoms with E-state index in [1.807, 2.05) is 12.1 Å². The molecule has 31 heavy (non-hydrogen) atoms. The van der Waals surface area contributed by atoms with Gasteiger partial charge in [-0.1, -0.05) is 0 Å². The number of alkyl halides is 1. The molecule has 0 saturated heterocycles. The Kier molecular flexibility index (Phi) is 5.33. The number of nitrogens with zero attached hydrogens (tertiary/aromatic N) is 4. The fraction of sp³-hybridized carbons (Fsp3) is 0.364. The number of carbonyl (C=O) groups is 1. The summed E-state index contributed by atoms with van der Waals surface area (Å²) in [5.41, 5.74) is 1.92. The van der Waals surface area contributed by atoms with Gasteiger partial charge < -0.3 is 15.7 Å². The normalized spacial score (nSPS) is 14.8. The Hall–Kier alpha value is -3.51. The van der Waals surface area contributed by atoms with Crippen LogP contribution in [0.25, 0.3) is 16.9 Å². The Labute approximate surface area is 178 Å². The molecule has 0 aromatic carbocycles. The molecule has 3 aromatic heterocycles. The number of hydrogen-bond donors (Lipinski definition) is 3. The van der Waals surface area contributed by atoms with Crippen molar-refractivity contribution < 1.29 is 14.3 Å². The smallest absolute Gasteiger partial charge is 0.255 e. The van der Waals surface area contributed by atoms with E-state index in [1.54, 1.807) is 16.6 Å². The van der Waals surface area contributed by atoms with Crippen LogP contribution in [0, 0.1) is 11.3 Å². The highest BCUT2D eigenvalue weighted by molar-refractivity contribution is 6.00. The lowest BCUT2D eigenvalue weighted by Gasteiger charge is -2.22. The van der Waals surface area contributed by atoms with Crippen LogP contribution in [0.5, 0.6) is 0 Å². The van der Waals surface area contributed by atoms with Gasteiger partial charge in [0.25, 0.3) is 5.91 Å². The molecule has 1 aliphatic rings. The number of hydrogen-bond acceptors (Lipinski definition) is 6. The minimum atomic E-state index is -1.60. The molecule has 4 rings (SSSR count). The first-order valence-corrected chi connectivity index (χ1v) is 10.1. The zero-order valence-corrected chi connectivity index (χ0v) is 17.3. The van der Waals surface area contributed by atoms with E-state index >= 15 is 0 Å². The molecule has 1 atom stereocenters. The second kappa shape index (κ2) is 7.96. The molecule has 1 saturated carbocycles. The molecule has 3 N–H and O–H groups in total. The maximum absolute atomic E-state index is 14.0. The third kappa shape index (κ3) is 4.49. The Bertz CT molecular complexity index is 1170. The average molecular weight is 422 g/mol. The number of nitrogens with one attached hydrogen (secondary N) is 2. The molecule has 0 bridgehead atoms. The quantitative estimate of drug-likeness (QED) is 0.539. The van der Waals surface area contributed by atoms with Crippen molar-refractivity contribution in [2.75, 3.05) is 11.9 Å². The molecule has 0 aliphatic heterocycles. The lowest BCUT2D eigenvalue weighted by atomic mass is 10.0. The Balaban J connectivity index is 1.63. The Morgan fingerprint density at radius 2 is 2.16 bits per heavy atom. The van der Waals surface area contributed by atoms with Gasteiger partial charge in [-0.05, 0) is 51.0 Å². The SMILES string of the molecule is CC(C)(O)C(F)CNC(=O)c1cnc(-c2ccc3cc(C#N)cnn23)cc1NC1CC1. The summed E-state index contributed by atoms with van der Waals surface area (Å²) in [6.45, 7) is 2.41. The minimum absolute atomic E-state index is 0.285. The predicted molar refractivity (Wildman–Crippen MR) is 113 cm³/mol. The van der Waals surface area contributed by atoms with Crippen LogP contribution in [0.15, 0.2) is 36.7 Å². The van der Waals surface area contributed by atoms with Crippen molar-refractivity contribution in [3.05, 3.63) is 47.8 Å². The van der Waals surface area contributed by atoms with Crippen LogP contribution >= 0.6 is 0 Å². The number of aromatic nitrogens is 3. The molecule has 1 aliphatic carbocycles. The van der Waals surface area contributed by atoms with Gasteiger partial charge in [-0.2, -0.15) is 10.4 Å². The van der Waals surface area contributed by atoms with E-state index in [0.717, 1.165) is 24.1 Å². The van der Waals surface area contributed by atoms with Gasteiger partial charge in [-0.3, -0.25) is 9.78 Å². The summed E-state index contributed by atoms with van der Waals surface area (Å²) < 4.78 is 15.7. The van der Waals surface area contributed by atoms with Crippen LogP contribution in [-0.4, -0.2) is 50.0 Å². The third-order valence-electron chi connectivity index (χ3n) is 5.19. The topological polar surface area (TPSA) is 115 Å². The van der Waals surface area contributed by atoms with Gasteiger partial charge in [0.05, 0.1) is 52.1 Å². The van der Waals surface area contributed by atoms with Crippen molar-refractivity contribution in [1.82, 2.24) is 19.9 Å². The van der Waals surface area contributed by atoms with E-state index in [9.17, 15) is 14.3 Å². The molecular formula is C22H23FN6O2. The van der Waals surface area contributed by atoms with Crippen LogP contribution in [0.4, 0.5) is 10.1 Å². The summed E-state index contributed by atoms with van der Waals surface area (Å²) >= 11 is 0. The fourth-order valence-electron chi connectivity index (χ4n) is 3.12. The summed E-state index contributed by atoms with van der Waals surface area (Å²) in [7, 11) is 0. The lowest BCUT2D eigenvalue weighted by molar-refractivity contribution is -0.00177. The van der Waals surface area contributed by atoms with Crippen molar-refractivity contribution in [2.24, 2.45) is 0 Å². The van der Waals surface area contributed by atoms with Crippen molar-refractivity contribution in [2.45, 2.75) is 44.5 Å². The molecule has 8 nitrogen and oxygen atoms in total. The lowest BCUT2D eigenvalue weighted by Crippen LogP contribution is -2.42. The van der Waals surface area contributed by atoms with Crippen molar-refractivity contribution in [3.8, 4) is 17.5 Å². The van der Waals surface area contributed by atoms with Crippen LogP contribution in [0.1, 0.15) is 42.6 Å². The van der Waals surface area contributed by atoms with E-state index in [2.05, 4.69) is 26.8 Å². The minimum Gasteiger partial charge on any atom is -0.387 e. The first kappa shape index (κ1) is 20.8. The molecule has 0 radical (unpaired) electrons. The highest BCUT2D eigenvalue weighted by atomic mass is 19.1. The number of pyridine rings is 1. The standard InChI is InChI=1S/C22H23FN6O2/c1-22(2,31)20(23)12-26-21(30)16-11-25-18(8-17(16)28-14-3-4-14)19-6-5-15-7-13(9-24)10-27-29(15)19/h5-8,10-11,14,20,31H,3-4,12H2,1-2H3,(H,25,28)(H,26,30). The predicted octanol–water partition coefficient (Wildman–Crippen LogP) is 2.68. The summed E-state index contributed by atoms with van der Waals surface area (Å²) in [4.78, 5) is 17.1. The molecule has 160 valence electrons. The van der Waals surface area contributed by atoms with Crippen molar-refractivity contribution in [1.29, 1.82) is 5.26 Å². The maximum atomic E-state index is 14.0. The first-order valence-electron chi connectivity index (χ1n) is 10.1. The van der Waals surface area contributed by atoms with E-state index in [0.29, 0.717) is 22.5 Å². The maximum Gasteiger partial charge on any atom is 0.255 e. The van der Waals surface area contributed by atoms with Gasteiger partial charge in [0.1, 0.15) is 12.2 Å². The number of fused-ring (bicyclic) bond motifs is 1. The molecular weight excluding hydrogens is 399 g/mol. The van der Waals surface area contributed by atoms with Crippen LogP contribution in [-0.2, 0) is 0 Å². The van der Waals surface area contributed by atoms with Gasteiger partial charge in [0.15, 0.2) is 0 Å². The van der Waals surface area contributed by atoms with Gasteiger partial charge in [0, 0.05) is 12.2 Å². The monoisotopic (exact) mass is 422 g/mol. The van der Waals surface area contributed by atoms with E-state index in [4.69, 9.17) is 5.26 Å². The summed E-state index contributed by atoms with van der Waals surface area (Å²) in [6, 6.07) is 9.56. The molecule has 9 heteroatoms. The number of aliphatic hydroxyl groups is 1. The molecule has 1 unspecified atom stereocenters. The zero-order chi connectivity index (χ0) is 22.2. The molecule has 1 fully saturated rings. The van der Waals surface area contributed by atoms with Gasteiger partial charge in [-0.15, -0.1) is 0 Å². The van der Waals surface area contributed by atoms with Crippen molar-refractivity contribution in [3.63, 3.8) is 0 Å². The highest BCUT2D eigenvalue weighted by Gasteiger charge is 2.28. The largest absolute Gasteiger partial charge is 0.387 e. The van der Waals surface area contributed by atoms with Crippen LogP contribution in [0.2, 0.25) is 0 Å². The molecule has 0 spiro atoms. The van der Waals surface area contributed by atoms with Crippen LogP contribution in [0.3, 0.4) is 0 Å². The number of nitriles is 1. The number of rotatable bonds is 7. The van der Waals surface area contributed by atoms with Crippen LogP contribution < -0.4 is 10.6 Å². The molecule has 3 aromatic rings. The Morgan fingerprint density at radius 3 is 2.84 bits per heavy atom.